The van der Waals surface area contributed by atoms with Crippen molar-refractivity contribution in [2.24, 2.45) is 0 Å². The highest BCUT2D eigenvalue weighted by Gasteiger charge is 2.22. The van der Waals surface area contributed by atoms with Crippen LogP contribution in [0.15, 0.2) is 59.6 Å². The first-order valence-electron chi connectivity index (χ1n) is 6.38. The Balaban J connectivity index is 1.96. The summed E-state index contributed by atoms with van der Waals surface area (Å²) in [7, 11) is 0. The molecule has 0 radical (unpaired) electrons. The molecule has 4 rings (SSSR count). The average molecular weight is 299 g/mol. The summed E-state index contributed by atoms with van der Waals surface area (Å²) in [6.45, 7) is 0. The largest absolute Gasteiger partial charge is 0.233 e. The standard InChI is InChI=1S/C16H11ClN2S/c17-12-6-7-14-15(8-12)20-10-11-9-18-19(16(11)14)13-4-2-1-3-5-13/h1-9H,10H2. The number of thioether (sulfide) groups is 1. The summed E-state index contributed by atoms with van der Waals surface area (Å²) < 4.78 is 2.02. The van der Waals surface area contributed by atoms with Gasteiger partial charge < -0.3 is 0 Å². The molecule has 0 amide bonds. The van der Waals surface area contributed by atoms with Gasteiger partial charge in [-0.3, -0.25) is 0 Å². The third-order valence-corrected chi connectivity index (χ3v) is 4.77. The van der Waals surface area contributed by atoms with E-state index in [4.69, 9.17) is 11.6 Å². The van der Waals surface area contributed by atoms with Crippen LogP contribution in [0.4, 0.5) is 0 Å². The van der Waals surface area contributed by atoms with Crippen LogP contribution < -0.4 is 0 Å². The van der Waals surface area contributed by atoms with Gasteiger partial charge in [-0.25, -0.2) is 4.68 Å². The molecule has 98 valence electrons. The van der Waals surface area contributed by atoms with Crippen molar-refractivity contribution in [1.29, 1.82) is 0 Å². The molecule has 1 aliphatic rings. The molecule has 4 heteroatoms. The van der Waals surface area contributed by atoms with E-state index >= 15 is 0 Å². The van der Waals surface area contributed by atoms with Crippen LogP contribution >= 0.6 is 23.4 Å². The van der Waals surface area contributed by atoms with Crippen molar-refractivity contribution in [1.82, 2.24) is 9.78 Å². The number of nitrogens with zero attached hydrogens (tertiary/aromatic N) is 2. The van der Waals surface area contributed by atoms with E-state index in [9.17, 15) is 0 Å². The van der Waals surface area contributed by atoms with Crippen molar-refractivity contribution in [3.05, 3.63) is 65.3 Å². The molecule has 0 bridgehead atoms. The van der Waals surface area contributed by atoms with Gasteiger partial charge in [-0.2, -0.15) is 5.10 Å². The molecule has 1 aliphatic heterocycles. The van der Waals surface area contributed by atoms with Gasteiger partial charge in [-0.05, 0) is 24.3 Å². The van der Waals surface area contributed by atoms with Crippen LogP contribution in [0.5, 0.6) is 0 Å². The minimum Gasteiger partial charge on any atom is -0.233 e. The first-order valence-corrected chi connectivity index (χ1v) is 7.74. The Morgan fingerprint density at radius 2 is 1.95 bits per heavy atom. The summed E-state index contributed by atoms with van der Waals surface area (Å²) in [5.74, 6) is 0.940. The fourth-order valence-corrected chi connectivity index (χ4v) is 3.80. The van der Waals surface area contributed by atoms with Gasteiger partial charge in [0.25, 0.3) is 0 Å². The average Bonchev–Trinajstić information content (AvgIpc) is 2.92. The lowest BCUT2D eigenvalue weighted by molar-refractivity contribution is 0.885. The molecule has 0 aliphatic carbocycles. The van der Waals surface area contributed by atoms with E-state index in [0.717, 1.165) is 16.5 Å². The summed E-state index contributed by atoms with van der Waals surface area (Å²) >= 11 is 7.92. The Bertz CT molecular complexity index is 780. The molecule has 1 aromatic heterocycles. The second-order valence-electron chi connectivity index (χ2n) is 4.69. The molecule has 0 saturated heterocycles. The summed E-state index contributed by atoms with van der Waals surface area (Å²) in [6, 6.07) is 16.3. The van der Waals surface area contributed by atoms with Crippen LogP contribution in [0, 0.1) is 0 Å². The number of rotatable bonds is 1. The van der Waals surface area contributed by atoms with Gasteiger partial charge in [-0.15, -0.1) is 11.8 Å². The molecular weight excluding hydrogens is 288 g/mol. The maximum Gasteiger partial charge on any atom is 0.0792 e. The number of fused-ring (bicyclic) bond motifs is 3. The Kier molecular flexibility index (Phi) is 2.83. The van der Waals surface area contributed by atoms with Crippen molar-refractivity contribution in [3.8, 4) is 16.9 Å². The van der Waals surface area contributed by atoms with Crippen molar-refractivity contribution in [2.45, 2.75) is 10.6 Å². The molecule has 20 heavy (non-hydrogen) atoms. The number of hydrogen-bond donors (Lipinski definition) is 0. The zero-order valence-corrected chi connectivity index (χ0v) is 12.2. The number of benzene rings is 2. The molecular formula is C16H11ClN2S. The van der Waals surface area contributed by atoms with Crippen molar-refractivity contribution in [3.63, 3.8) is 0 Å². The van der Waals surface area contributed by atoms with Gasteiger partial charge in [0, 0.05) is 26.8 Å². The second-order valence-corrected chi connectivity index (χ2v) is 6.15. The number of hydrogen-bond acceptors (Lipinski definition) is 2. The zero-order valence-electron chi connectivity index (χ0n) is 10.6. The molecule has 0 spiro atoms. The lowest BCUT2D eigenvalue weighted by Crippen LogP contribution is -2.02. The zero-order chi connectivity index (χ0) is 13.5. The first kappa shape index (κ1) is 12.1. The number of para-hydroxylation sites is 1. The van der Waals surface area contributed by atoms with Crippen LogP contribution in [-0.4, -0.2) is 9.78 Å². The van der Waals surface area contributed by atoms with Gasteiger partial charge in [0.15, 0.2) is 0 Å². The Labute approximate surface area is 126 Å². The maximum absolute atomic E-state index is 6.10. The number of halogens is 1. The molecule has 3 aromatic rings. The summed E-state index contributed by atoms with van der Waals surface area (Å²) in [5, 5.41) is 5.34. The van der Waals surface area contributed by atoms with E-state index < -0.39 is 0 Å². The third kappa shape index (κ3) is 1.86. The van der Waals surface area contributed by atoms with E-state index in [2.05, 4.69) is 23.3 Å². The molecule has 0 unspecified atom stereocenters. The van der Waals surface area contributed by atoms with Crippen LogP contribution in [0.1, 0.15) is 5.56 Å². The van der Waals surface area contributed by atoms with Crippen molar-refractivity contribution >= 4 is 23.4 Å². The van der Waals surface area contributed by atoms with E-state index in [0.29, 0.717) is 0 Å². The quantitative estimate of drug-likeness (QED) is 0.642. The highest BCUT2D eigenvalue weighted by molar-refractivity contribution is 7.98. The summed E-state index contributed by atoms with van der Waals surface area (Å²) in [6.07, 6.45) is 1.97. The predicted molar refractivity (Wildman–Crippen MR) is 83.6 cm³/mol. The van der Waals surface area contributed by atoms with Gasteiger partial charge in [0.05, 0.1) is 17.6 Å². The molecule has 0 fully saturated rings. The minimum absolute atomic E-state index is 0.783. The van der Waals surface area contributed by atoms with Crippen molar-refractivity contribution < 1.29 is 0 Å². The Morgan fingerprint density at radius 3 is 2.80 bits per heavy atom. The van der Waals surface area contributed by atoms with E-state index in [1.165, 1.54) is 21.7 Å². The maximum atomic E-state index is 6.10. The molecule has 0 atom stereocenters. The monoisotopic (exact) mass is 298 g/mol. The van der Waals surface area contributed by atoms with E-state index in [-0.39, 0.29) is 0 Å². The van der Waals surface area contributed by atoms with Crippen LogP contribution in [0.3, 0.4) is 0 Å². The Morgan fingerprint density at radius 1 is 1.10 bits per heavy atom. The highest BCUT2D eigenvalue weighted by Crippen LogP contribution is 2.43. The fourth-order valence-electron chi connectivity index (χ4n) is 2.51. The van der Waals surface area contributed by atoms with Crippen LogP contribution in [0.2, 0.25) is 5.02 Å². The Hall–Kier alpha value is -1.71. The lowest BCUT2D eigenvalue weighted by Gasteiger charge is -2.18. The van der Waals surface area contributed by atoms with E-state index in [1.54, 1.807) is 0 Å². The van der Waals surface area contributed by atoms with Crippen LogP contribution in [0.25, 0.3) is 16.9 Å². The smallest absolute Gasteiger partial charge is 0.0792 e. The van der Waals surface area contributed by atoms with Gasteiger partial charge in [-0.1, -0.05) is 35.9 Å². The minimum atomic E-state index is 0.783. The molecule has 0 N–H and O–H groups in total. The summed E-state index contributed by atoms with van der Waals surface area (Å²) in [5.41, 5.74) is 4.75. The predicted octanol–water partition coefficient (Wildman–Crippen LogP) is 4.80. The normalized spacial score (nSPS) is 12.8. The van der Waals surface area contributed by atoms with Gasteiger partial charge in [0.1, 0.15) is 0 Å². The first-order chi connectivity index (χ1) is 9.83. The molecule has 2 aromatic carbocycles. The van der Waals surface area contributed by atoms with Crippen molar-refractivity contribution in [2.75, 3.05) is 0 Å². The lowest BCUT2D eigenvalue weighted by atomic mass is 10.1. The molecule has 0 saturated carbocycles. The fraction of sp³-hybridized carbons (Fsp3) is 0.0625. The molecule has 2 nitrogen and oxygen atoms in total. The number of aromatic nitrogens is 2. The topological polar surface area (TPSA) is 17.8 Å². The van der Waals surface area contributed by atoms with Gasteiger partial charge >= 0.3 is 0 Å². The summed E-state index contributed by atoms with van der Waals surface area (Å²) in [4.78, 5) is 1.22. The van der Waals surface area contributed by atoms with Gasteiger partial charge in [0.2, 0.25) is 0 Å². The highest BCUT2D eigenvalue weighted by atomic mass is 35.5. The third-order valence-electron chi connectivity index (χ3n) is 3.43. The van der Waals surface area contributed by atoms with Crippen LogP contribution in [-0.2, 0) is 5.75 Å². The molecule has 2 heterocycles. The SMILES string of the molecule is Clc1ccc2c(c1)SCc1cnn(-c3ccccc3)c1-2. The van der Waals surface area contributed by atoms with E-state index in [1.807, 2.05) is 53.0 Å². The second kappa shape index (κ2) is 4.69.